The van der Waals surface area contributed by atoms with Crippen molar-refractivity contribution in [1.82, 2.24) is 0 Å². The highest BCUT2D eigenvalue weighted by Crippen LogP contribution is 2.30. The van der Waals surface area contributed by atoms with Gasteiger partial charge in [0.25, 0.3) is 15.7 Å². The van der Waals surface area contributed by atoms with E-state index in [1.165, 1.54) is 24.1 Å². The lowest BCUT2D eigenvalue weighted by Gasteiger charge is -2.15. The maximum Gasteiger partial charge on any atom is 0.414 e. The Hall–Kier alpha value is -3.34. The number of anilines is 2. The molecule has 0 aromatic heterocycles. The minimum atomic E-state index is -4.08. The lowest BCUT2D eigenvalue weighted by molar-refractivity contribution is -0.385. The molecule has 0 atom stereocenters. The zero-order valence-electron chi connectivity index (χ0n) is 14.1. The van der Waals surface area contributed by atoms with E-state index in [0.29, 0.717) is 12.2 Å². The number of non-ortho nitro benzene ring substituents is 1. The Bertz CT molecular complexity index is 1010. The molecule has 3 rings (SSSR count). The molecule has 1 aliphatic heterocycles. The molecule has 0 radical (unpaired) electrons. The molecule has 1 saturated heterocycles. The Kier molecular flexibility index (Phi) is 4.86. The highest BCUT2D eigenvalue weighted by Gasteiger charge is 2.25. The summed E-state index contributed by atoms with van der Waals surface area (Å²) >= 11 is 0. The van der Waals surface area contributed by atoms with Gasteiger partial charge in [0, 0.05) is 11.8 Å². The van der Waals surface area contributed by atoms with Crippen molar-refractivity contribution in [3.05, 3.63) is 52.6 Å². The molecule has 1 aliphatic rings. The van der Waals surface area contributed by atoms with E-state index in [1.54, 1.807) is 12.1 Å². The first-order valence-electron chi connectivity index (χ1n) is 7.71. The fraction of sp³-hybridized carbons (Fsp3) is 0.188. The van der Waals surface area contributed by atoms with Gasteiger partial charge in [0.1, 0.15) is 17.3 Å². The van der Waals surface area contributed by atoms with Crippen molar-refractivity contribution < 1.29 is 27.6 Å². The standard InChI is InChI=1S/C16H15N3O7S/c1-25-14-10-13(19(21)22)5-6-15(14)27(23,24)17-11-3-2-4-12(9-11)18-7-8-26-16(18)20/h2-6,9-10,17H,7-8H2,1H3. The van der Waals surface area contributed by atoms with E-state index in [4.69, 9.17) is 9.47 Å². The molecule has 1 heterocycles. The van der Waals surface area contributed by atoms with Crippen molar-refractivity contribution in [2.75, 3.05) is 29.9 Å². The van der Waals surface area contributed by atoms with Gasteiger partial charge in [-0.3, -0.25) is 19.7 Å². The third-order valence-corrected chi connectivity index (χ3v) is 5.24. The number of sulfonamides is 1. The van der Waals surface area contributed by atoms with Crippen LogP contribution in [0.15, 0.2) is 47.4 Å². The van der Waals surface area contributed by atoms with E-state index in [2.05, 4.69) is 4.72 Å². The molecule has 142 valence electrons. The average Bonchev–Trinajstić information content (AvgIpc) is 3.07. The van der Waals surface area contributed by atoms with E-state index in [-0.39, 0.29) is 28.6 Å². The summed E-state index contributed by atoms with van der Waals surface area (Å²) in [4.78, 5) is 23.0. The predicted molar refractivity (Wildman–Crippen MR) is 95.6 cm³/mol. The van der Waals surface area contributed by atoms with Crippen LogP contribution in [0.5, 0.6) is 5.75 Å². The maximum atomic E-state index is 12.7. The summed E-state index contributed by atoms with van der Waals surface area (Å²) in [5.74, 6) is -0.157. The van der Waals surface area contributed by atoms with Gasteiger partial charge in [-0.05, 0) is 24.3 Å². The Morgan fingerprint density at radius 1 is 1.26 bits per heavy atom. The molecule has 1 fully saturated rings. The third-order valence-electron chi connectivity index (χ3n) is 3.82. The molecule has 0 bridgehead atoms. The van der Waals surface area contributed by atoms with Crippen molar-refractivity contribution in [3.8, 4) is 5.75 Å². The molecule has 11 heteroatoms. The minimum absolute atomic E-state index is 0.157. The molecule has 0 unspecified atom stereocenters. The number of nitro benzene ring substituents is 1. The molecule has 2 aromatic carbocycles. The highest BCUT2D eigenvalue weighted by molar-refractivity contribution is 7.92. The van der Waals surface area contributed by atoms with Crippen LogP contribution < -0.4 is 14.4 Å². The van der Waals surface area contributed by atoms with Crippen LogP contribution in [0.2, 0.25) is 0 Å². The molecule has 0 spiro atoms. The van der Waals surface area contributed by atoms with Gasteiger partial charge in [-0.2, -0.15) is 0 Å². The first kappa shape index (κ1) is 18.5. The van der Waals surface area contributed by atoms with Crippen LogP contribution in [-0.4, -0.2) is 39.7 Å². The van der Waals surface area contributed by atoms with E-state index < -0.39 is 21.0 Å². The molecule has 0 aliphatic carbocycles. The summed E-state index contributed by atoms with van der Waals surface area (Å²) in [7, 11) is -2.86. The summed E-state index contributed by atoms with van der Waals surface area (Å²) in [6, 6.07) is 9.45. The van der Waals surface area contributed by atoms with E-state index in [1.807, 2.05) is 0 Å². The lowest BCUT2D eigenvalue weighted by atomic mass is 10.2. The van der Waals surface area contributed by atoms with Gasteiger partial charge in [0.15, 0.2) is 0 Å². The van der Waals surface area contributed by atoms with Gasteiger partial charge >= 0.3 is 6.09 Å². The van der Waals surface area contributed by atoms with Crippen molar-refractivity contribution in [2.24, 2.45) is 0 Å². The van der Waals surface area contributed by atoms with Gasteiger partial charge in [-0.25, -0.2) is 13.2 Å². The second kappa shape index (κ2) is 7.11. The highest BCUT2D eigenvalue weighted by atomic mass is 32.2. The van der Waals surface area contributed by atoms with Crippen molar-refractivity contribution in [3.63, 3.8) is 0 Å². The fourth-order valence-corrected chi connectivity index (χ4v) is 3.77. The molecule has 2 aromatic rings. The molecule has 0 saturated carbocycles. The number of ether oxygens (including phenoxy) is 2. The molecule has 27 heavy (non-hydrogen) atoms. The van der Waals surface area contributed by atoms with Crippen LogP contribution in [0.4, 0.5) is 21.9 Å². The molecule has 1 amide bonds. The van der Waals surface area contributed by atoms with Crippen LogP contribution in [0.25, 0.3) is 0 Å². The van der Waals surface area contributed by atoms with Crippen LogP contribution in [-0.2, 0) is 14.8 Å². The number of hydrogen-bond acceptors (Lipinski definition) is 7. The smallest absolute Gasteiger partial charge is 0.414 e. The van der Waals surface area contributed by atoms with Crippen molar-refractivity contribution in [2.45, 2.75) is 4.90 Å². The number of amides is 1. The predicted octanol–water partition coefficient (Wildman–Crippen LogP) is 2.36. The van der Waals surface area contributed by atoms with E-state index in [9.17, 15) is 23.3 Å². The summed E-state index contributed by atoms with van der Waals surface area (Å²) in [6.07, 6.45) is -0.507. The number of nitro groups is 1. The largest absolute Gasteiger partial charge is 0.495 e. The molecule has 10 nitrogen and oxygen atoms in total. The Morgan fingerprint density at radius 3 is 2.67 bits per heavy atom. The third kappa shape index (κ3) is 3.77. The first-order valence-corrected chi connectivity index (χ1v) is 9.20. The number of nitrogens with zero attached hydrogens (tertiary/aromatic N) is 2. The van der Waals surface area contributed by atoms with Gasteiger partial charge in [0.05, 0.1) is 30.3 Å². The lowest BCUT2D eigenvalue weighted by Crippen LogP contribution is -2.23. The van der Waals surface area contributed by atoms with Gasteiger partial charge in [-0.1, -0.05) is 6.07 Å². The van der Waals surface area contributed by atoms with E-state index >= 15 is 0 Å². The molecular weight excluding hydrogens is 378 g/mol. The maximum absolute atomic E-state index is 12.7. The average molecular weight is 393 g/mol. The number of benzene rings is 2. The second-order valence-corrected chi connectivity index (χ2v) is 7.16. The van der Waals surface area contributed by atoms with Crippen LogP contribution >= 0.6 is 0 Å². The van der Waals surface area contributed by atoms with Crippen molar-refractivity contribution in [1.29, 1.82) is 0 Å². The summed E-state index contributed by atoms with van der Waals surface area (Å²) < 4.78 is 37.6. The Morgan fingerprint density at radius 2 is 2.04 bits per heavy atom. The monoisotopic (exact) mass is 393 g/mol. The second-order valence-electron chi connectivity index (χ2n) is 5.51. The zero-order valence-corrected chi connectivity index (χ0v) is 14.9. The number of rotatable bonds is 6. The molecule has 1 N–H and O–H groups in total. The molecular formula is C16H15N3O7S. The van der Waals surface area contributed by atoms with E-state index in [0.717, 1.165) is 18.2 Å². The fourth-order valence-electron chi connectivity index (χ4n) is 2.57. The number of methoxy groups -OCH3 is 1. The normalized spacial score (nSPS) is 14.0. The van der Waals surface area contributed by atoms with Crippen molar-refractivity contribution >= 4 is 33.2 Å². The topological polar surface area (TPSA) is 128 Å². The number of nitrogens with one attached hydrogen (secondary N) is 1. The van der Waals surface area contributed by atoms with Crippen LogP contribution in [0, 0.1) is 10.1 Å². The number of carbonyl (C=O) groups is 1. The number of hydrogen-bond donors (Lipinski definition) is 1. The van der Waals surface area contributed by atoms with Gasteiger partial charge in [-0.15, -0.1) is 0 Å². The van der Waals surface area contributed by atoms with Crippen LogP contribution in [0.1, 0.15) is 0 Å². The quantitative estimate of drug-likeness (QED) is 0.589. The summed E-state index contributed by atoms with van der Waals surface area (Å²) in [5, 5.41) is 10.9. The number of carbonyl (C=O) groups excluding carboxylic acids is 1. The SMILES string of the molecule is COc1cc([N+](=O)[O-])ccc1S(=O)(=O)Nc1cccc(N2CCOC2=O)c1. The van der Waals surface area contributed by atoms with Gasteiger partial charge in [0.2, 0.25) is 0 Å². The Labute approximate surface area is 154 Å². The Balaban J connectivity index is 1.91. The number of cyclic esters (lactones) is 1. The summed E-state index contributed by atoms with van der Waals surface area (Å²) in [6.45, 7) is 0.625. The first-order chi connectivity index (χ1) is 12.8. The minimum Gasteiger partial charge on any atom is -0.495 e. The zero-order chi connectivity index (χ0) is 19.6. The summed E-state index contributed by atoms with van der Waals surface area (Å²) in [5.41, 5.74) is 0.404. The van der Waals surface area contributed by atoms with Gasteiger partial charge < -0.3 is 9.47 Å². The van der Waals surface area contributed by atoms with Crippen LogP contribution in [0.3, 0.4) is 0 Å².